The first kappa shape index (κ1) is 28.1. The number of amides is 3. The van der Waals surface area contributed by atoms with Crippen LogP contribution in [0.15, 0.2) is 103 Å². The molecule has 0 radical (unpaired) electrons. The van der Waals surface area contributed by atoms with Crippen molar-refractivity contribution in [3.63, 3.8) is 0 Å². The molecule has 9 heteroatoms. The van der Waals surface area contributed by atoms with Gasteiger partial charge >= 0.3 is 6.03 Å². The number of nitrogens with two attached hydrogens (primary N) is 1. The van der Waals surface area contributed by atoms with Gasteiger partial charge in [-0.15, -0.1) is 11.3 Å². The van der Waals surface area contributed by atoms with Gasteiger partial charge in [0.1, 0.15) is 11.8 Å². The first-order valence-corrected chi connectivity index (χ1v) is 14.2. The molecule has 7 nitrogen and oxygen atoms in total. The van der Waals surface area contributed by atoms with Gasteiger partial charge in [0, 0.05) is 11.6 Å². The summed E-state index contributed by atoms with van der Waals surface area (Å²) in [6.45, 7) is 0. The van der Waals surface area contributed by atoms with Crippen molar-refractivity contribution in [2.75, 3.05) is 12.4 Å². The monoisotopic (exact) mass is 585 g/mol. The molecule has 3 N–H and O–H groups in total. The Balaban J connectivity index is 1.69. The maximum absolute atomic E-state index is 14.3. The van der Waals surface area contributed by atoms with Crippen molar-refractivity contribution in [2.24, 2.45) is 11.7 Å². The highest BCUT2D eigenvalue weighted by Gasteiger charge is 2.56. The van der Waals surface area contributed by atoms with Crippen LogP contribution < -0.4 is 15.8 Å². The Morgan fingerprint density at radius 1 is 0.951 bits per heavy atom. The van der Waals surface area contributed by atoms with E-state index in [1.54, 1.807) is 67.8 Å². The van der Waals surface area contributed by atoms with Crippen molar-refractivity contribution < 1.29 is 19.1 Å². The zero-order valence-corrected chi connectivity index (χ0v) is 23.7. The number of rotatable bonds is 8. The Morgan fingerprint density at radius 2 is 1.66 bits per heavy atom. The molecule has 1 saturated heterocycles. The number of nitrogens with zero attached hydrogens (tertiary/aromatic N) is 1. The molecule has 1 fully saturated rings. The van der Waals surface area contributed by atoms with Crippen LogP contribution >= 0.6 is 22.9 Å². The van der Waals surface area contributed by atoms with Crippen LogP contribution in [0.4, 0.5) is 10.5 Å². The minimum absolute atomic E-state index is 0.237. The van der Waals surface area contributed by atoms with Crippen molar-refractivity contribution in [3.05, 3.63) is 123 Å². The second-order valence-corrected chi connectivity index (χ2v) is 11.3. The summed E-state index contributed by atoms with van der Waals surface area (Å²) in [6.07, 6.45) is 3.65. The van der Waals surface area contributed by atoms with E-state index in [1.165, 1.54) is 4.90 Å². The number of hydrogen-bond acceptors (Lipinski definition) is 5. The molecule has 1 aliphatic heterocycles. The van der Waals surface area contributed by atoms with E-state index in [0.29, 0.717) is 26.2 Å². The van der Waals surface area contributed by atoms with Gasteiger partial charge in [-0.1, -0.05) is 84.4 Å². The second-order valence-electron chi connectivity index (χ2n) is 9.61. The molecule has 208 valence electrons. The molecular formula is C32H28ClN3O4S. The minimum Gasteiger partial charge on any atom is -0.497 e. The lowest BCUT2D eigenvalue weighted by molar-refractivity contribution is -0.122. The first-order chi connectivity index (χ1) is 19.9. The van der Waals surface area contributed by atoms with Crippen LogP contribution in [-0.4, -0.2) is 41.8 Å². The molecule has 0 aliphatic carbocycles. The molecule has 1 aliphatic rings. The number of thiophene rings is 1. The number of ether oxygens (including phenoxy) is 1. The molecule has 4 aromatic rings. The van der Waals surface area contributed by atoms with Crippen molar-refractivity contribution in [1.82, 2.24) is 4.90 Å². The number of halogens is 1. The Kier molecular flexibility index (Phi) is 8.52. The van der Waals surface area contributed by atoms with E-state index in [0.717, 1.165) is 16.9 Å². The van der Waals surface area contributed by atoms with Crippen molar-refractivity contribution in [1.29, 1.82) is 0 Å². The number of carbonyl (C=O) groups is 3. The fraction of sp³-hybridized carbons (Fsp3) is 0.156. The zero-order valence-electron chi connectivity index (χ0n) is 22.1. The lowest BCUT2D eigenvalue weighted by Gasteiger charge is -2.29. The number of likely N-dealkylation sites (tertiary alicyclic amines) is 1. The Bertz CT molecular complexity index is 1570. The quantitative estimate of drug-likeness (QED) is 0.231. The number of benzene rings is 3. The number of anilines is 1. The van der Waals surface area contributed by atoms with Crippen LogP contribution in [0.1, 0.15) is 26.7 Å². The van der Waals surface area contributed by atoms with E-state index in [-0.39, 0.29) is 5.78 Å². The third kappa shape index (κ3) is 6.04. The molecule has 1 aromatic heterocycles. The lowest BCUT2D eigenvalue weighted by atomic mass is 9.78. The number of ketones is 1. The molecular weight excluding hydrogens is 558 g/mol. The van der Waals surface area contributed by atoms with Crippen LogP contribution in [0.3, 0.4) is 0 Å². The number of hydrogen-bond donors (Lipinski definition) is 2. The van der Waals surface area contributed by atoms with Crippen molar-refractivity contribution in [3.8, 4) is 5.75 Å². The van der Waals surface area contributed by atoms with Gasteiger partial charge in [0.2, 0.25) is 5.91 Å². The smallest absolute Gasteiger partial charge is 0.323 e. The average molecular weight is 586 g/mol. The summed E-state index contributed by atoms with van der Waals surface area (Å²) in [5.41, 5.74) is 8.12. The minimum atomic E-state index is -1.14. The van der Waals surface area contributed by atoms with Gasteiger partial charge < -0.3 is 20.7 Å². The number of Topliss-reactive ketones (excluding diaryl/α,β-unsaturated/α-hetero) is 1. The lowest BCUT2D eigenvalue weighted by Crippen LogP contribution is -2.50. The third-order valence-electron chi connectivity index (χ3n) is 7.15. The number of methoxy groups -OCH3 is 1. The fourth-order valence-corrected chi connectivity index (χ4v) is 6.41. The van der Waals surface area contributed by atoms with Gasteiger partial charge in [-0.2, -0.15) is 0 Å². The van der Waals surface area contributed by atoms with Crippen molar-refractivity contribution >= 4 is 52.4 Å². The highest BCUT2D eigenvalue weighted by atomic mass is 35.5. The van der Waals surface area contributed by atoms with E-state index >= 15 is 0 Å². The summed E-state index contributed by atoms with van der Waals surface area (Å²) >= 11 is 7.38. The van der Waals surface area contributed by atoms with E-state index in [2.05, 4.69) is 5.32 Å². The summed E-state index contributed by atoms with van der Waals surface area (Å²) in [6, 6.07) is 26.5. The summed E-state index contributed by atoms with van der Waals surface area (Å²) in [5.74, 6) is -2.02. The van der Waals surface area contributed by atoms with Crippen LogP contribution in [0.5, 0.6) is 5.75 Å². The Labute approximate surface area is 247 Å². The fourth-order valence-electron chi connectivity index (χ4n) is 5.38. The Morgan fingerprint density at radius 3 is 2.29 bits per heavy atom. The molecule has 0 saturated carbocycles. The van der Waals surface area contributed by atoms with Gasteiger partial charge in [-0.3, -0.25) is 9.59 Å². The van der Waals surface area contributed by atoms with Gasteiger partial charge in [0.25, 0.3) is 0 Å². The van der Waals surface area contributed by atoms with Gasteiger partial charge in [-0.05, 0) is 47.5 Å². The molecule has 4 atom stereocenters. The first-order valence-electron chi connectivity index (χ1n) is 13.0. The molecule has 3 aromatic carbocycles. The predicted octanol–water partition coefficient (Wildman–Crippen LogP) is 6.48. The van der Waals surface area contributed by atoms with E-state index in [4.69, 9.17) is 22.1 Å². The van der Waals surface area contributed by atoms with Gasteiger partial charge in [-0.25, -0.2) is 4.79 Å². The highest BCUT2D eigenvalue weighted by Crippen LogP contribution is 2.46. The van der Waals surface area contributed by atoms with E-state index in [1.807, 2.05) is 48.5 Å². The number of urea groups is 1. The van der Waals surface area contributed by atoms with Gasteiger partial charge in [0.15, 0.2) is 5.78 Å². The summed E-state index contributed by atoms with van der Waals surface area (Å²) < 4.78 is 5.92. The molecule has 4 unspecified atom stereocenters. The average Bonchev–Trinajstić information content (AvgIpc) is 3.58. The second kappa shape index (κ2) is 12.4. The standard InChI is InChI=1S/C32H28ClN3O4S/c1-40-23-14-8-11-21(19-23)27-28(30(37)25-17-18-26(33)41-25)24(16-15-20-9-4-2-5-10-20)36(29(27)31(34)38)32(39)35-22-12-6-3-7-13-22/h2-19,24,27-29H,1H3,(H2,34,38)(H,35,39). The molecule has 0 bridgehead atoms. The number of nitrogens with one attached hydrogen (secondary N) is 1. The predicted molar refractivity (Wildman–Crippen MR) is 162 cm³/mol. The van der Waals surface area contributed by atoms with Gasteiger partial charge in [0.05, 0.1) is 28.3 Å². The summed E-state index contributed by atoms with van der Waals surface area (Å²) in [7, 11) is 1.54. The van der Waals surface area contributed by atoms with Crippen LogP contribution in [0, 0.1) is 5.92 Å². The normalized spacial score (nSPS) is 20.2. The van der Waals surface area contributed by atoms with Crippen LogP contribution in [0.25, 0.3) is 6.08 Å². The molecule has 2 heterocycles. The number of para-hydroxylation sites is 1. The molecule has 3 amide bonds. The Hall–Kier alpha value is -4.40. The molecule has 5 rings (SSSR count). The summed E-state index contributed by atoms with van der Waals surface area (Å²) in [4.78, 5) is 43.4. The SMILES string of the molecule is COc1cccc(C2C(C(=O)c3ccc(Cl)s3)C(C=Cc3ccccc3)N(C(=O)Nc3ccccc3)C2C(N)=O)c1. The highest BCUT2D eigenvalue weighted by molar-refractivity contribution is 7.18. The maximum Gasteiger partial charge on any atom is 0.323 e. The largest absolute Gasteiger partial charge is 0.497 e. The molecule has 41 heavy (non-hydrogen) atoms. The summed E-state index contributed by atoms with van der Waals surface area (Å²) in [5, 5.41) is 2.89. The van der Waals surface area contributed by atoms with E-state index < -0.39 is 35.9 Å². The zero-order chi connectivity index (χ0) is 28.9. The number of carbonyl (C=O) groups excluding carboxylic acids is 3. The van der Waals surface area contributed by atoms with Crippen LogP contribution in [0.2, 0.25) is 4.34 Å². The third-order valence-corrected chi connectivity index (χ3v) is 8.40. The maximum atomic E-state index is 14.3. The van der Waals surface area contributed by atoms with Crippen molar-refractivity contribution in [2.45, 2.75) is 18.0 Å². The van der Waals surface area contributed by atoms with Crippen LogP contribution in [-0.2, 0) is 4.79 Å². The number of primary amides is 1. The topological polar surface area (TPSA) is 102 Å². The van der Waals surface area contributed by atoms with E-state index in [9.17, 15) is 14.4 Å². The molecule has 0 spiro atoms.